The van der Waals surface area contributed by atoms with Gasteiger partial charge in [0.15, 0.2) is 0 Å². The molecule has 18 heavy (non-hydrogen) atoms. The Hall–Kier alpha value is 0.951. The molecule has 0 aromatic heterocycles. The maximum absolute atomic E-state index is 6.07. The Morgan fingerprint density at radius 2 is 2.06 bits per heavy atom. The van der Waals surface area contributed by atoms with Crippen molar-refractivity contribution < 1.29 is 50.0 Å². The molecule has 1 aliphatic rings. The molecule has 0 radical (unpaired) electrons. The Morgan fingerprint density at radius 3 is 2.50 bits per heavy atom. The third-order valence-electron chi connectivity index (χ3n) is 2.82. The first-order valence-corrected chi connectivity index (χ1v) is 10.3. The summed E-state index contributed by atoms with van der Waals surface area (Å²) in [5.41, 5.74) is 1.47. The van der Waals surface area contributed by atoms with Crippen molar-refractivity contribution in [1.82, 2.24) is 0 Å². The topological polar surface area (TPSA) is 9.23 Å². The van der Waals surface area contributed by atoms with Gasteiger partial charge in [-0.3, -0.25) is 0 Å². The van der Waals surface area contributed by atoms with Gasteiger partial charge in [0.05, 0.1) is 0 Å². The maximum Gasteiger partial charge on any atom is -1.00 e. The summed E-state index contributed by atoms with van der Waals surface area (Å²) in [5.74, 6) is 0. The minimum absolute atomic E-state index is 0. The van der Waals surface area contributed by atoms with Gasteiger partial charge in [0.2, 0.25) is 0 Å². The SMILES string of the molecule is CCCCOC(C[SiH](C)C)C1=[C]([Ti+2])CC=C1.[Cl-].[Cl-]. The van der Waals surface area contributed by atoms with Crippen LogP contribution in [0.5, 0.6) is 0 Å². The fourth-order valence-electron chi connectivity index (χ4n) is 1.91. The summed E-state index contributed by atoms with van der Waals surface area (Å²) >= 11 is 2.24. The third-order valence-corrected chi connectivity index (χ3v) is 4.96. The molecule has 103 valence electrons. The van der Waals surface area contributed by atoms with Crippen LogP contribution in [-0.2, 0) is 25.2 Å². The fourth-order valence-corrected chi connectivity index (χ4v) is 3.72. The van der Waals surface area contributed by atoms with E-state index in [0.717, 1.165) is 13.0 Å². The number of halogens is 2. The van der Waals surface area contributed by atoms with E-state index in [-0.39, 0.29) is 24.8 Å². The first-order chi connectivity index (χ1) is 7.65. The Morgan fingerprint density at radius 1 is 1.39 bits per heavy atom. The second kappa shape index (κ2) is 11.8. The van der Waals surface area contributed by atoms with Crippen molar-refractivity contribution in [1.29, 1.82) is 0 Å². The van der Waals surface area contributed by atoms with Gasteiger partial charge in [0.25, 0.3) is 0 Å². The van der Waals surface area contributed by atoms with E-state index in [1.54, 1.807) is 0 Å². The number of allylic oxidation sites excluding steroid dienone is 2. The molecule has 1 rings (SSSR count). The van der Waals surface area contributed by atoms with Crippen LogP contribution < -0.4 is 24.8 Å². The van der Waals surface area contributed by atoms with Crippen LogP contribution in [0.2, 0.25) is 19.1 Å². The van der Waals surface area contributed by atoms with E-state index in [2.05, 4.69) is 52.6 Å². The van der Waals surface area contributed by atoms with Gasteiger partial charge in [0, 0.05) is 0 Å². The summed E-state index contributed by atoms with van der Waals surface area (Å²) in [7, 11) is -0.557. The van der Waals surface area contributed by atoms with Crippen molar-refractivity contribution in [2.45, 2.75) is 51.4 Å². The summed E-state index contributed by atoms with van der Waals surface area (Å²) in [5, 5.41) is 0. The number of hydrogen-bond donors (Lipinski definition) is 0. The Bertz CT molecular complexity index is 280. The summed E-state index contributed by atoms with van der Waals surface area (Å²) in [6.45, 7) is 7.96. The van der Waals surface area contributed by atoms with Crippen molar-refractivity contribution in [3.05, 3.63) is 21.6 Å². The third kappa shape index (κ3) is 7.52. The first kappa shape index (κ1) is 21.3. The minimum atomic E-state index is -0.557. The molecular formula is C13H23Cl2OSiTi. The smallest absolute Gasteiger partial charge is 1.00 e. The van der Waals surface area contributed by atoms with E-state index < -0.39 is 8.80 Å². The van der Waals surface area contributed by atoms with Crippen LogP contribution in [0.15, 0.2) is 21.6 Å². The maximum atomic E-state index is 6.07. The van der Waals surface area contributed by atoms with Gasteiger partial charge in [-0.1, -0.05) is 0 Å². The molecule has 0 saturated carbocycles. The van der Waals surface area contributed by atoms with Gasteiger partial charge in [-0.2, -0.15) is 0 Å². The normalized spacial score (nSPS) is 15.7. The van der Waals surface area contributed by atoms with Crippen LogP contribution in [-0.4, -0.2) is 21.5 Å². The molecule has 1 atom stereocenters. The molecule has 0 spiro atoms. The zero-order chi connectivity index (χ0) is 12.0. The number of hydrogen-bond acceptors (Lipinski definition) is 1. The monoisotopic (exact) mass is 341 g/mol. The van der Waals surface area contributed by atoms with E-state index in [0.29, 0.717) is 6.10 Å². The van der Waals surface area contributed by atoms with Gasteiger partial charge >= 0.3 is 114 Å². The average molecular weight is 342 g/mol. The summed E-state index contributed by atoms with van der Waals surface area (Å²) < 4.78 is 7.58. The molecule has 1 unspecified atom stereocenters. The number of unbranched alkanes of at least 4 members (excludes halogenated alkanes) is 1. The second-order valence-corrected chi connectivity index (χ2v) is 9.08. The fraction of sp³-hybridized carbons (Fsp3) is 0.692. The zero-order valence-corrected chi connectivity index (χ0v) is 15.7. The molecule has 0 aromatic rings. The molecule has 0 heterocycles. The predicted molar refractivity (Wildman–Crippen MR) is 69.1 cm³/mol. The van der Waals surface area contributed by atoms with E-state index in [9.17, 15) is 0 Å². The summed E-state index contributed by atoms with van der Waals surface area (Å²) in [6.07, 6.45) is 8.47. The van der Waals surface area contributed by atoms with Gasteiger partial charge in [0.1, 0.15) is 0 Å². The van der Waals surface area contributed by atoms with Crippen molar-refractivity contribution >= 4 is 8.80 Å². The van der Waals surface area contributed by atoms with Crippen molar-refractivity contribution in [3.63, 3.8) is 0 Å². The molecule has 0 N–H and O–H groups in total. The molecule has 0 fully saturated rings. The van der Waals surface area contributed by atoms with Gasteiger partial charge in [-0.05, 0) is 0 Å². The number of ether oxygens (including phenoxy) is 1. The van der Waals surface area contributed by atoms with E-state index >= 15 is 0 Å². The molecule has 0 saturated heterocycles. The molecule has 0 amide bonds. The van der Waals surface area contributed by atoms with Gasteiger partial charge < -0.3 is 24.8 Å². The Kier molecular flexibility index (Phi) is 13.9. The van der Waals surface area contributed by atoms with Crippen LogP contribution in [0, 0.1) is 0 Å². The van der Waals surface area contributed by atoms with E-state index in [1.165, 1.54) is 28.3 Å². The number of rotatable bonds is 7. The summed E-state index contributed by atoms with van der Waals surface area (Å²) in [6, 6.07) is 1.28. The quantitative estimate of drug-likeness (QED) is 0.365. The van der Waals surface area contributed by atoms with E-state index in [4.69, 9.17) is 4.74 Å². The summed E-state index contributed by atoms with van der Waals surface area (Å²) in [4.78, 5) is 0. The second-order valence-electron chi connectivity index (χ2n) is 4.88. The minimum Gasteiger partial charge on any atom is -1.00 e. The van der Waals surface area contributed by atoms with Crippen LogP contribution >= 0.6 is 0 Å². The van der Waals surface area contributed by atoms with Gasteiger partial charge in [-0.15, -0.1) is 0 Å². The predicted octanol–water partition coefficient (Wildman–Crippen LogP) is -2.57. The first-order valence-electron chi connectivity index (χ1n) is 6.38. The van der Waals surface area contributed by atoms with E-state index in [1.807, 2.05) is 0 Å². The molecule has 0 aromatic carbocycles. The van der Waals surface area contributed by atoms with Crippen LogP contribution in [0.4, 0.5) is 0 Å². The molecule has 1 nitrogen and oxygen atoms in total. The largest absolute Gasteiger partial charge is 1.00 e. The average Bonchev–Trinajstić information content (AvgIpc) is 2.63. The molecule has 5 heteroatoms. The molecule has 0 aliphatic heterocycles. The van der Waals surface area contributed by atoms with Crippen LogP contribution in [0.25, 0.3) is 0 Å². The Labute approximate surface area is 138 Å². The van der Waals surface area contributed by atoms with Crippen LogP contribution in [0.1, 0.15) is 26.2 Å². The Balaban J connectivity index is 0. The molecule has 1 aliphatic carbocycles. The molecule has 0 bridgehead atoms. The van der Waals surface area contributed by atoms with Crippen molar-refractivity contribution in [2.24, 2.45) is 0 Å². The van der Waals surface area contributed by atoms with Crippen molar-refractivity contribution in [2.75, 3.05) is 6.61 Å². The van der Waals surface area contributed by atoms with Crippen molar-refractivity contribution in [3.8, 4) is 0 Å². The molecular weight excluding hydrogens is 319 g/mol. The standard InChI is InChI=1S/C13H23OSi.2ClH.Ti/c1-4-5-10-14-13(11-15(2)3)12-8-6-7-9-12;;;/h6,8,13,15H,4-5,7,10-11H2,1-3H3;2*1H;/q;;;+2/p-2. The zero-order valence-electron chi connectivity index (χ0n) is 11.5. The van der Waals surface area contributed by atoms with Crippen LogP contribution in [0.3, 0.4) is 0 Å². The van der Waals surface area contributed by atoms with Gasteiger partial charge in [-0.25, -0.2) is 0 Å².